The molecule has 3 saturated carbocycles. The highest BCUT2D eigenvalue weighted by Gasteiger charge is 2.58. The van der Waals surface area contributed by atoms with Crippen molar-refractivity contribution in [3.63, 3.8) is 0 Å². The number of hydrogen-bond acceptors (Lipinski definition) is 4. The van der Waals surface area contributed by atoms with Crippen molar-refractivity contribution in [2.75, 3.05) is 0 Å². The molecule has 176 valence electrons. The van der Waals surface area contributed by atoms with Crippen LogP contribution in [-0.4, -0.2) is 27.9 Å². The van der Waals surface area contributed by atoms with Gasteiger partial charge in [-0.25, -0.2) is 4.98 Å². The number of hydrogen-bond donors (Lipinski definition) is 0. The highest BCUT2D eigenvalue weighted by atomic mass is 16.5. The SMILES string of the molecule is C[C@]12CC[C@H](OC(=O)C3CCC3)CC1=CC[C@@H]1[C@@H]2CC[C@]2(C)C(n3ccnc3)=C(C=O)C[C@@H]12. The second-order valence-electron chi connectivity index (χ2n) is 11.8. The van der Waals surface area contributed by atoms with Gasteiger partial charge in [0.05, 0.1) is 12.2 Å². The maximum Gasteiger partial charge on any atom is 0.309 e. The fourth-order valence-corrected chi connectivity index (χ4v) is 8.28. The molecule has 33 heavy (non-hydrogen) atoms. The van der Waals surface area contributed by atoms with E-state index in [1.165, 1.54) is 24.1 Å². The van der Waals surface area contributed by atoms with E-state index in [1.807, 2.05) is 18.7 Å². The Morgan fingerprint density at radius 3 is 2.64 bits per heavy atom. The summed E-state index contributed by atoms with van der Waals surface area (Å²) >= 11 is 0. The minimum Gasteiger partial charge on any atom is -0.462 e. The molecule has 0 unspecified atom stereocenters. The molecule has 1 heterocycles. The molecule has 5 nitrogen and oxygen atoms in total. The summed E-state index contributed by atoms with van der Waals surface area (Å²) in [5.41, 5.74) is 3.90. The first-order valence-electron chi connectivity index (χ1n) is 13.0. The lowest BCUT2D eigenvalue weighted by Crippen LogP contribution is -2.50. The third-order valence-corrected chi connectivity index (χ3v) is 10.4. The van der Waals surface area contributed by atoms with Gasteiger partial charge in [0, 0.05) is 35.5 Å². The number of rotatable bonds is 4. The van der Waals surface area contributed by atoms with E-state index in [-0.39, 0.29) is 28.8 Å². The molecular weight excluding hydrogens is 412 g/mol. The van der Waals surface area contributed by atoms with E-state index in [4.69, 9.17) is 4.74 Å². The van der Waals surface area contributed by atoms with Crippen molar-refractivity contribution in [2.45, 2.75) is 84.2 Å². The van der Waals surface area contributed by atoms with Crippen molar-refractivity contribution < 1.29 is 14.3 Å². The summed E-state index contributed by atoms with van der Waals surface area (Å²) in [6, 6.07) is 0. The molecule has 5 aliphatic carbocycles. The molecule has 6 rings (SSSR count). The van der Waals surface area contributed by atoms with Gasteiger partial charge in [-0.1, -0.05) is 31.9 Å². The number of aldehydes is 1. The lowest BCUT2D eigenvalue weighted by molar-refractivity contribution is -0.159. The Kier molecular flexibility index (Phi) is 4.97. The molecule has 0 radical (unpaired) electrons. The van der Waals surface area contributed by atoms with Crippen LogP contribution in [0.1, 0.15) is 78.1 Å². The molecular formula is C28H36N2O3. The Balaban J connectivity index is 1.24. The topological polar surface area (TPSA) is 61.2 Å². The standard InChI is InChI=1S/C28H36N2O3/c1-27-10-8-21(33-26(32)18-4-3-5-18)15-20(27)6-7-22-23(27)9-11-28(2)24(22)14-19(16-31)25(28)30-13-12-29-17-30/h6,12-13,16-18,21-24H,3-5,7-11,14-15H2,1-2H3/t21-,22+,23-,24-,27-,28-/m0/s1. The zero-order valence-corrected chi connectivity index (χ0v) is 20.0. The summed E-state index contributed by atoms with van der Waals surface area (Å²) in [6.07, 6.45) is 19.8. The molecule has 0 N–H and O–H groups in total. The average molecular weight is 449 g/mol. The van der Waals surface area contributed by atoms with Gasteiger partial charge in [-0.05, 0) is 74.5 Å². The fraction of sp³-hybridized carbons (Fsp3) is 0.679. The van der Waals surface area contributed by atoms with Crippen LogP contribution in [0.3, 0.4) is 0 Å². The van der Waals surface area contributed by atoms with Crippen molar-refractivity contribution >= 4 is 18.0 Å². The first-order chi connectivity index (χ1) is 15.9. The van der Waals surface area contributed by atoms with Crippen LogP contribution >= 0.6 is 0 Å². The van der Waals surface area contributed by atoms with Crippen molar-refractivity contribution in [3.8, 4) is 0 Å². The third kappa shape index (κ3) is 3.14. The molecule has 5 aliphatic rings. The molecule has 0 amide bonds. The quantitative estimate of drug-likeness (QED) is 0.343. The summed E-state index contributed by atoms with van der Waals surface area (Å²) in [5.74, 6) is 1.95. The maximum absolute atomic E-state index is 12.4. The first-order valence-corrected chi connectivity index (χ1v) is 13.0. The van der Waals surface area contributed by atoms with Gasteiger partial charge in [0.25, 0.3) is 0 Å². The Bertz CT molecular complexity index is 1020. The van der Waals surface area contributed by atoms with E-state index in [9.17, 15) is 9.59 Å². The second-order valence-corrected chi connectivity index (χ2v) is 11.8. The van der Waals surface area contributed by atoms with Gasteiger partial charge in [0.1, 0.15) is 12.4 Å². The monoisotopic (exact) mass is 448 g/mol. The van der Waals surface area contributed by atoms with Crippen LogP contribution in [0.15, 0.2) is 35.9 Å². The summed E-state index contributed by atoms with van der Waals surface area (Å²) in [6.45, 7) is 4.86. The van der Waals surface area contributed by atoms with Crippen LogP contribution in [0.4, 0.5) is 0 Å². The Morgan fingerprint density at radius 2 is 1.94 bits per heavy atom. The zero-order chi connectivity index (χ0) is 22.8. The highest BCUT2D eigenvalue weighted by Crippen LogP contribution is 2.66. The van der Waals surface area contributed by atoms with Crippen LogP contribution < -0.4 is 0 Å². The molecule has 0 bridgehead atoms. The van der Waals surface area contributed by atoms with Crippen LogP contribution in [0.5, 0.6) is 0 Å². The van der Waals surface area contributed by atoms with Crippen molar-refractivity contribution in [2.24, 2.45) is 34.5 Å². The molecule has 6 atom stereocenters. The Labute approximate surface area is 196 Å². The minimum atomic E-state index is 0.0231. The maximum atomic E-state index is 12.4. The second kappa shape index (κ2) is 7.68. The van der Waals surface area contributed by atoms with Crippen LogP contribution in [0, 0.1) is 34.5 Å². The summed E-state index contributed by atoms with van der Waals surface area (Å²) < 4.78 is 8.06. The zero-order valence-electron chi connectivity index (χ0n) is 20.0. The molecule has 0 aliphatic heterocycles. The number of carbonyl (C=O) groups excluding carboxylic acids is 2. The van der Waals surface area contributed by atoms with E-state index in [1.54, 1.807) is 0 Å². The summed E-state index contributed by atoms with van der Waals surface area (Å²) in [5, 5.41) is 0. The van der Waals surface area contributed by atoms with Gasteiger partial charge in [-0.3, -0.25) is 9.59 Å². The van der Waals surface area contributed by atoms with Gasteiger partial charge < -0.3 is 9.30 Å². The fourth-order valence-electron chi connectivity index (χ4n) is 8.28. The van der Waals surface area contributed by atoms with E-state index in [0.29, 0.717) is 17.8 Å². The minimum absolute atomic E-state index is 0.0231. The van der Waals surface area contributed by atoms with E-state index in [2.05, 4.69) is 29.5 Å². The third-order valence-electron chi connectivity index (χ3n) is 10.4. The molecule has 0 aromatic carbocycles. The Morgan fingerprint density at radius 1 is 1.12 bits per heavy atom. The summed E-state index contributed by atoms with van der Waals surface area (Å²) in [7, 11) is 0. The number of carbonyl (C=O) groups is 2. The van der Waals surface area contributed by atoms with E-state index >= 15 is 0 Å². The van der Waals surface area contributed by atoms with Gasteiger partial charge in [-0.15, -0.1) is 0 Å². The lowest BCUT2D eigenvalue weighted by atomic mass is 9.47. The van der Waals surface area contributed by atoms with Crippen LogP contribution in [-0.2, 0) is 14.3 Å². The molecule has 1 aromatic rings. The van der Waals surface area contributed by atoms with Crippen molar-refractivity contribution in [3.05, 3.63) is 35.9 Å². The van der Waals surface area contributed by atoms with Crippen LogP contribution in [0.25, 0.3) is 5.70 Å². The van der Waals surface area contributed by atoms with Crippen molar-refractivity contribution in [1.82, 2.24) is 9.55 Å². The molecule has 0 spiro atoms. The molecule has 5 heteroatoms. The largest absolute Gasteiger partial charge is 0.462 e. The number of aromatic nitrogens is 2. The van der Waals surface area contributed by atoms with Gasteiger partial charge in [-0.2, -0.15) is 0 Å². The summed E-state index contributed by atoms with van der Waals surface area (Å²) in [4.78, 5) is 28.8. The normalized spacial score (nSPS) is 40.2. The van der Waals surface area contributed by atoms with Crippen molar-refractivity contribution in [1.29, 1.82) is 0 Å². The smallest absolute Gasteiger partial charge is 0.309 e. The van der Waals surface area contributed by atoms with E-state index in [0.717, 1.165) is 63.2 Å². The number of fused-ring (bicyclic) bond motifs is 5. The van der Waals surface area contributed by atoms with E-state index < -0.39 is 0 Å². The number of nitrogens with zero attached hydrogens (tertiary/aromatic N) is 2. The first kappa shape index (κ1) is 21.4. The number of imidazole rings is 1. The molecule has 3 fully saturated rings. The van der Waals surface area contributed by atoms with Gasteiger partial charge in [0.15, 0.2) is 0 Å². The molecule has 0 saturated heterocycles. The predicted octanol–water partition coefficient (Wildman–Crippen LogP) is 5.58. The van der Waals surface area contributed by atoms with Crippen LogP contribution in [0.2, 0.25) is 0 Å². The molecule has 1 aromatic heterocycles. The predicted molar refractivity (Wildman–Crippen MR) is 126 cm³/mol. The Hall–Kier alpha value is -2.17. The number of esters is 1. The number of allylic oxidation sites excluding steroid dienone is 3. The van der Waals surface area contributed by atoms with Gasteiger partial charge >= 0.3 is 5.97 Å². The lowest BCUT2D eigenvalue weighted by Gasteiger charge is -2.57. The number of ether oxygens (including phenoxy) is 1. The van der Waals surface area contributed by atoms with Gasteiger partial charge in [0.2, 0.25) is 0 Å². The average Bonchev–Trinajstić information content (AvgIpc) is 3.37. The highest BCUT2D eigenvalue weighted by molar-refractivity contribution is 5.86.